The van der Waals surface area contributed by atoms with Crippen LogP contribution in [0.5, 0.6) is 5.75 Å². The number of pyridine rings is 1. The molecule has 0 aliphatic rings. The number of aromatic nitrogens is 1. The first-order valence-electron chi connectivity index (χ1n) is 4.71. The zero-order valence-electron chi connectivity index (χ0n) is 9.17. The zero-order chi connectivity index (χ0) is 13.0. The van der Waals surface area contributed by atoms with E-state index in [2.05, 4.69) is 14.5 Å². The second-order valence-corrected chi connectivity index (χ2v) is 2.93. The lowest BCUT2D eigenvalue weighted by Crippen LogP contribution is -2.13. The molecule has 0 spiro atoms. The molecule has 0 amide bonds. The highest BCUT2D eigenvalue weighted by molar-refractivity contribution is 5.93. The SMILES string of the molecule is CCOC(=O)c1c(OC)cc(F)nc1C(F)F. The number of hydrogen-bond donors (Lipinski definition) is 0. The summed E-state index contributed by atoms with van der Waals surface area (Å²) in [6.07, 6.45) is -3.10. The summed E-state index contributed by atoms with van der Waals surface area (Å²) in [7, 11) is 1.13. The minimum Gasteiger partial charge on any atom is -0.496 e. The molecule has 1 heterocycles. The van der Waals surface area contributed by atoms with Gasteiger partial charge in [-0.05, 0) is 6.92 Å². The normalized spacial score (nSPS) is 10.5. The lowest BCUT2D eigenvalue weighted by atomic mass is 10.1. The number of nitrogens with zero attached hydrogens (tertiary/aromatic N) is 1. The molecule has 0 fully saturated rings. The van der Waals surface area contributed by atoms with Gasteiger partial charge in [-0.15, -0.1) is 0 Å². The molecule has 1 rings (SSSR count). The summed E-state index contributed by atoms with van der Waals surface area (Å²) >= 11 is 0. The number of esters is 1. The lowest BCUT2D eigenvalue weighted by Gasteiger charge is -2.11. The van der Waals surface area contributed by atoms with Gasteiger partial charge in [0, 0.05) is 6.07 Å². The minimum atomic E-state index is -3.10. The molecular formula is C10H10F3NO3. The van der Waals surface area contributed by atoms with Crippen LogP contribution in [0.25, 0.3) is 0 Å². The lowest BCUT2D eigenvalue weighted by molar-refractivity contribution is 0.0508. The van der Waals surface area contributed by atoms with Gasteiger partial charge in [-0.1, -0.05) is 0 Å². The predicted molar refractivity (Wildman–Crippen MR) is 51.7 cm³/mol. The minimum absolute atomic E-state index is 0.00203. The monoisotopic (exact) mass is 249 g/mol. The number of rotatable bonds is 4. The van der Waals surface area contributed by atoms with Crippen LogP contribution in [0.4, 0.5) is 13.2 Å². The van der Waals surface area contributed by atoms with Crippen molar-refractivity contribution in [3.8, 4) is 5.75 Å². The Balaban J connectivity index is 3.36. The van der Waals surface area contributed by atoms with Gasteiger partial charge in [0.1, 0.15) is 17.0 Å². The van der Waals surface area contributed by atoms with Crippen molar-refractivity contribution in [2.45, 2.75) is 13.3 Å². The van der Waals surface area contributed by atoms with Gasteiger partial charge >= 0.3 is 5.97 Å². The first-order chi connectivity index (χ1) is 8.01. The smallest absolute Gasteiger partial charge is 0.344 e. The average molecular weight is 249 g/mol. The molecule has 0 aliphatic heterocycles. The molecule has 1 aromatic rings. The van der Waals surface area contributed by atoms with Crippen molar-refractivity contribution in [2.24, 2.45) is 0 Å². The number of carbonyl (C=O) groups excluding carboxylic acids is 1. The molecule has 94 valence electrons. The fourth-order valence-corrected chi connectivity index (χ4v) is 1.24. The van der Waals surface area contributed by atoms with Crippen molar-refractivity contribution in [1.82, 2.24) is 4.98 Å². The first-order valence-corrected chi connectivity index (χ1v) is 4.71. The van der Waals surface area contributed by atoms with Crippen LogP contribution in [-0.4, -0.2) is 24.7 Å². The Labute approximate surface area is 95.4 Å². The Morgan fingerprint density at radius 3 is 2.65 bits per heavy atom. The van der Waals surface area contributed by atoms with E-state index in [1.807, 2.05) is 0 Å². The number of methoxy groups -OCH3 is 1. The van der Waals surface area contributed by atoms with E-state index in [0.29, 0.717) is 0 Å². The summed E-state index contributed by atoms with van der Waals surface area (Å²) in [6, 6.07) is 0.748. The summed E-state index contributed by atoms with van der Waals surface area (Å²) in [6.45, 7) is 1.52. The number of carbonyl (C=O) groups is 1. The zero-order valence-corrected chi connectivity index (χ0v) is 9.17. The molecule has 0 saturated heterocycles. The van der Waals surface area contributed by atoms with Crippen molar-refractivity contribution >= 4 is 5.97 Å². The summed E-state index contributed by atoms with van der Waals surface area (Å²) in [4.78, 5) is 14.5. The molecule has 0 aromatic carbocycles. The van der Waals surface area contributed by atoms with Crippen molar-refractivity contribution in [3.05, 3.63) is 23.3 Å². The van der Waals surface area contributed by atoms with Gasteiger partial charge in [0.25, 0.3) is 6.43 Å². The van der Waals surface area contributed by atoms with Crippen LogP contribution in [0.3, 0.4) is 0 Å². The van der Waals surface area contributed by atoms with Gasteiger partial charge in [0.05, 0.1) is 13.7 Å². The molecule has 1 aromatic heterocycles. The van der Waals surface area contributed by atoms with Gasteiger partial charge in [-0.2, -0.15) is 4.39 Å². The number of halogens is 3. The maximum absolute atomic E-state index is 12.9. The quantitative estimate of drug-likeness (QED) is 0.607. The third kappa shape index (κ3) is 2.86. The molecule has 0 radical (unpaired) electrons. The fraction of sp³-hybridized carbons (Fsp3) is 0.400. The molecule has 0 N–H and O–H groups in total. The Hall–Kier alpha value is -1.79. The van der Waals surface area contributed by atoms with Gasteiger partial charge in [0.15, 0.2) is 0 Å². The number of hydrogen-bond acceptors (Lipinski definition) is 4. The van der Waals surface area contributed by atoms with E-state index in [1.165, 1.54) is 6.92 Å². The highest BCUT2D eigenvalue weighted by atomic mass is 19.3. The van der Waals surface area contributed by atoms with Crippen LogP contribution in [0, 0.1) is 5.95 Å². The second-order valence-electron chi connectivity index (χ2n) is 2.93. The van der Waals surface area contributed by atoms with Gasteiger partial charge in [-0.25, -0.2) is 18.6 Å². The van der Waals surface area contributed by atoms with Crippen LogP contribution >= 0.6 is 0 Å². The van der Waals surface area contributed by atoms with Crippen LogP contribution in [-0.2, 0) is 4.74 Å². The van der Waals surface area contributed by atoms with Crippen molar-refractivity contribution in [2.75, 3.05) is 13.7 Å². The van der Waals surface area contributed by atoms with E-state index in [1.54, 1.807) is 0 Å². The Morgan fingerprint density at radius 1 is 1.53 bits per heavy atom. The molecule has 17 heavy (non-hydrogen) atoms. The molecule has 4 nitrogen and oxygen atoms in total. The van der Waals surface area contributed by atoms with Gasteiger partial charge < -0.3 is 9.47 Å². The average Bonchev–Trinajstić information content (AvgIpc) is 2.27. The largest absolute Gasteiger partial charge is 0.496 e. The molecular weight excluding hydrogens is 239 g/mol. The van der Waals surface area contributed by atoms with Crippen molar-refractivity contribution in [1.29, 1.82) is 0 Å². The Morgan fingerprint density at radius 2 is 2.18 bits per heavy atom. The molecule has 7 heteroatoms. The van der Waals surface area contributed by atoms with E-state index < -0.39 is 29.6 Å². The second kappa shape index (κ2) is 5.51. The predicted octanol–water partition coefficient (Wildman–Crippen LogP) is 2.34. The summed E-state index contributed by atoms with van der Waals surface area (Å²) in [5, 5.41) is 0. The van der Waals surface area contributed by atoms with Crippen LogP contribution in [0.1, 0.15) is 29.4 Å². The molecule has 0 aliphatic carbocycles. The highest BCUT2D eigenvalue weighted by Gasteiger charge is 2.26. The van der Waals surface area contributed by atoms with E-state index in [-0.39, 0.29) is 12.4 Å². The van der Waals surface area contributed by atoms with Crippen molar-refractivity contribution < 1.29 is 27.4 Å². The summed E-state index contributed by atoms with van der Waals surface area (Å²) < 4.78 is 47.4. The number of alkyl halides is 2. The van der Waals surface area contributed by atoms with Gasteiger partial charge in [0.2, 0.25) is 5.95 Å². The molecule has 0 atom stereocenters. The molecule has 0 bridgehead atoms. The highest BCUT2D eigenvalue weighted by Crippen LogP contribution is 2.29. The van der Waals surface area contributed by atoms with E-state index in [9.17, 15) is 18.0 Å². The van der Waals surface area contributed by atoms with E-state index in [0.717, 1.165) is 13.2 Å². The van der Waals surface area contributed by atoms with E-state index >= 15 is 0 Å². The van der Waals surface area contributed by atoms with Crippen LogP contribution in [0.2, 0.25) is 0 Å². The third-order valence-electron chi connectivity index (χ3n) is 1.89. The number of ether oxygens (including phenoxy) is 2. The molecule has 0 unspecified atom stereocenters. The Kier molecular flexibility index (Phi) is 4.30. The summed E-state index contributed by atoms with van der Waals surface area (Å²) in [5.74, 6) is -2.50. The maximum atomic E-state index is 12.9. The van der Waals surface area contributed by atoms with Crippen LogP contribution in [0.15, 0.2) is 6.07 Å². The summed E-state index contributed by atoms with van der Waals surface area (Å²) in [5.41, 5.74) is -1.54. The maximum Gasteiger partial charge on any atom is 0.344 e. The third-order valence-corrected chi connectivity index (χ3v) is 1.89. The fourth-order valence-electron chi connectivity index (χ4n) is 1.24. The Bertz CT molecular complexity index is 424. The first kappa shape index (κ1) is 13.3. The molecule has 0 saturated carbocycles. The van der Waals surface area contributed by atoms with E-state index in [4.69, 9.17) is 0 Å². The van der Waals surface area contributed by atoms with Gasteiger partial charge in [-0.3, -0.25) is 0 Å². The standard InChI is InChI=1S/C10H10F3NO3/c1-3-17-10(15)7-5(16-2)4-6(11)14-8(7)9(12)13/h4,9H,3H2,1-2H3. The van der Waals surface area contributed by atoms with Crippen molar-refractivity contribution in [3.63, 3.8) is 0 Å². The topological polar surface area (TPSA) is 48.4 Å². The van der Waals surface area contributed by atoms with Crippen LogP contribution < -0.4 is 4.74 Å².